The SMILES string of the molecule is COc1cc(NC(=O)NC2CCN(C(=O)C(C)C)CC2)ccc1NC(=O)c1cccnc1. The van der Waals surface area contributed by atoms with Crippen LogP contribution in [0.5, 0.6) is 5.75 Å². The van der Waals surface area contributed by atoms with Crippen molar-refractivity contribution in [2.45, 2.75) is 32.7 Å². The number of ether oxygens (including phenoxy) is 1. The summed E-state index contributed by atoms with van der Waals surface area (Å²) in [6.45, 7) is 5.07. The fourth-order valence-corrected chi connectivity index (χ4v) is 3.53. The summed E-state index contributed by atoms with van der Waals surface area (Å²) in [5, 5.41) is 8.53. The van der Waals surface area contributed by atoms with Gasteiger partial charge in [0.1, 0.15) is 5.75 Å². The van der Waals surface area contributed by atoms with Crippen molar-refractivity contribution in [3.05, 3.63) is 48.3 Å². The lowest BCUT2D eigenvalue weighted by Crippen LogP contribution is -2.48. The molecule has 1 aromatic heterocycles. The average molecular weight is 440 g/mol. The van der Waals surface area contributed by atoms with E-state index in [1.54, 1.807) is 36.5 Å². The second-order valence-corrected chi connectivity index (χ2v) is 7.96. The van der Waals surface area contributed by atoms with Crippen LogP contribution in [0, 0.1) is 5.92 Å². The highest BCUT2D eigenvalue weighted by atomic mass is 16.5. The van der Waals surface area contributed by atoms with E-state index in [1.807, 2.05) is 18.7 Å². The lowest BCUT2D eigenvalue weighted by Gasteiger charge is -2.33. The number of nitrogens with zero attached hydrogens (tertiary/aromatic N) is 2. The normalized spacial score (nSPS) is 14.1. The van der Waals surface area contributed by atoms with E-state index >= 15 is 0 Å². The summed E-state index contributed by atoms with van der Waals surface area (Å²) in [6.07, 6.45) is 4.51. The van der Waals surface area contributed by atoms with Gasteiger partial charge in [0.2, 0.25) is 5.91 Å². The number of rotatable bonds is 6. The fraction of sp³-hybridized carbons (Fsp3) is 0.391. The highest BCUT2D eigenvalue weighted by molar-refractivity contribution is 6.05. The number of hydrogen-bond acceptors (Lipinski definition) is 5. The molecule has 2 aromatic rings. The van der Waals surface area contributed by atoms with Gasteiger partial charge in [0.05, 0.1) is 18.4 Å². The zero-order valence-corrected chi connectivity index (χ0v) is 18.6. The predicted molar refractivity (Wildman–Crippen MR) is 122 cm³/mol. The molecular formula is C23H29N5O4. The molecule has 170 valence electrons. The summed E-state index contributed by atoms with van der Waals surface area (Å²) in [5.41, 5.74) is 1.44. The lowest BCUT2D eigenvalue weighted by molar-refractivity contribution is -0.135. The van der Waals surface area contributed by atoms with Crippen LogP contribution in [-0.4, -0.2) is 54.0 Å². The van der Waals surface area contributed by atoms with Crippen LogP contribution in [-0.2, 0) is 4.79 Å². The smallest absolute Gasteiger partial charge is 0.319 e. The first kappa shape index (κ1) is 23.1. The highest BCUT2D eigenvalue weighted by Crippen LogP contribution is 2.28. The first-order valence-electron chi connectivity index (χ1n) is 10.6. The first-order valence-corrected chi connectivity index (χ1v) is 10.6. The standard InChI is InChI=1S/C23H29N5O4/c1-15(2)22(30)28-11-8-17(9-12-28)25-23(31)26-18-6-7-19(20(13-18)32-3)27-21(29)16-5-4-10-24-14-16/h4-7,10,13-15,17H,8-9,11-12H2,1-3H3,(H,27,29)(H2,25,26,31). The number of amides is 4. The second kappa shape index (κ2) is 10.6. The second-order valence-electron chi connectivity index (χ2n) is 7.96. The Labute approximate surface area is 187 Å². The molecule has 0 atom stereocenters. The predicted octanol–water partition coefficient (Wildman–Crippen LogP) is 3.11. The quantitative estimate of drug-likeness (QED) is 0.640. The number of benzene rings is 1. The monoisotopic (exact) mass is 439 g/mol. The van der Waals surface area contributed by atoms with Gasteiger partial charge in [-0.1, -0.05) is 13.8 Å². The van der Waals surface area contributed by atoms with E-state index in [2.05, 4.69) is 20.9 Å². The van der Waals surface area contributed by atoms with Crippen molar-refractivity contribution >= 4 is 29.2 Å². The largest absolute Gasteiger partial charge is 0.494 e. The third-order valence-electron chi connectivity index (χ3n) is 5.27. The molecule has 9 nitrogen and oxygen atoms in total. The van der Waals surface area contributed by atoms with Gasteiger partial charge in [-0.3, -0.25) is 14.6 Å². The molecule has 3 N–H and O–H groups in total. The van der Waals surface area contributed by atoms with Crippen LogP contribution in [0.3, 0.4) is 0 Å². The van der Waals surface area contributed by atoms with Gasteiger partial charge in [-0.2, -0.15) is 0 Å². The van der Waals surface area contributed by atoms with E-state index in [4.69, 9.17) is 4.74 Å². The van der Waals surface area contributed by atoms with Gasteiger partial charge in [-0.15, -0.1) is 0 Å². The summed E-state index contributed by atoms with van der Waals surface area (Å²) < 4.78 is 5.37. The summed E-state index contributed by atoms with van der Waals surface area (Å²) in [6, 6.07) is 8.02. The Bertz CT molecular complexity index is 956. The van der Waals surface area contributed by atoms with E-state index < -0.39 is 0 Å². The van der Waals surface area contributed by atoms with Crippen LogP contribution < -0.4 is 20.7 Å². The third kappa shape index (κ3) is 5.96. The maximum absolute atomic E-state index is 12.4. The van der Waals surface area contributed by atoms with Crippen LogP contribution in [0.4, 0.5) is 16.2 Å². The van der Waals surface area contributed by atoms with Crippen LogP contribution in [0.2, 0.25) is 0 Å². The number of hydrogen-bond donors (Lipinski definition) is 3. The maximum atomic E-state index is 12.4. The average Bonchev–Trinajstić information content (AvgIpc) is 2.80. The number of pyridine rings is 1. The van der Waals surface area contributed by atoms with Gasteiger partial charge in [0.15, 0.2) is 0 Å². The summed E-state index contributed by atoms with van der Waals surface area (Å²) >= 11 is 0. The third-order valence-corrected chi connectivity index (χ3v) is 5.27. The number of carbonyl (C=O) groups excluding carboxylic acids is 3. The van der Waals surface area contributed by atoms with Crippen molar-refractivity contribution in [1.29, 1.82) is 0 Å². The highest BCUT2D eigenvalue weighted by Gasteiger charge is 2.25. The Kier molecular flexibility index (Phi) is 7.64. The van der Waals surface area contributed by atoms with Crippen LogP contribution >= 0.6 is 0 Å². The van der Waals surface area contributed by atoms with Crippen molar-refractivity contribution in [2.24, 2.45) is 5.92 Å². The van der Waals surface area contributed by atoms with E-state index in [0.29, 0.717) is 48.6 Å². The molecule has 0 spiro atoms. The minimum atomic E-state index is -0.326. The van der Waals surface area contributed by atoms with Gasteiger partial charge in [-0.25, -0.2) is 4.79 Å². The van der Waals surface area contributed by atoms with E-state index in [9.17, 15) is 14.4 Å². The molecule has 0 radical (unpaired) electrons. The van der Waals surface area contributed by atoms with Gasteiger partial charge in [-0.05, 0) is 37.1 Å². The van der Waals surface area contributed by atoms with Crippen molar-refractivity contribution in [3.63, 3.8) is 0 Å². The molecule has 32 heavy (non-hydrogen) atoms. The Morgan fingerprint density at radius 3 is 2.50 bits per heavy atom. The molecule has 3 rings (SSSR count). The van der Waals surface area contributed by atoms with Crippen LogP contribution in [0.15, 0.2) is 42.7 Å². The number of aromatic nitrogens is 1. The molecule has 0 bridgehead atoms. The number of piperidine rings is 1. The summed E-state index contributed by atoms with van der Waals surface area (Å²) in [7, 11) is 1.49. The fourth-order valence-electron chi connectivity index (χ4n) is 3.53. The minimum Gasteiger partial charge on any atom is -0.494 e. The Morgan fingerprint density at radius 1 is 1.12 bits per heavy atom. The van der Waals surface area contributed by atoms with Gasteiger partial charge < -0.3 is 25.6 Å². The van der Waals surface area contributed by atoms with E-state index in [0.717, 1.165) is 0 Å². The Morgan fingerprint density at radius 2 is 1.88 bits per heavy atom. The molecule has 0 saturated carbocycles. The molecule has 0 aliphatic carbocycles. The van der Waals surface area contributed by atoms with Crippen LogP contribution in [0.25, 0.3) is 0 Å². The molecule has 0 unspecified atom stereocenters. The van der Waals surface area contributed by atoms with Crippen molar-refractivity contribution < 1.29 is 19.1 Å². The number of anilines is 2. The molecule has 1 aliphatic rings. The first-order chi connectivity index (χ1) is 15.4. The molecule has 1 fully saturated rings. The zero-order valence-electron chi connectivity index (χ0n) is 18.6. The van der Waals surface area contributed by atoms with Crippen LogP contribution in [0.1, 0.15) is 37.0 Å². The number of nitrogens with one attached hydrogen (secondary N) is 3. The molecule has 1 saturated heterocycles. The Hall–Kier alpha value is -3.62. The molecule has 4 amide bonds. The number of methoxy groups -OCH3 is 1. The van der Waals surface area contributed by atoms with Gasteiger partial charge in [0.25, 0.3) is 5.91 Å². The van der Waals surface area contributed by atoms with Crippen molar-refractivity contribution in [3.8, 4) is 5.75 Å². The van der Waals surface area contributed by atoms with Crippen molar-refractivity contribution in [1.82, 2.24) is 15.2 Å². The molecule has 1 aliphatic heterocycles. The van der Waals surface area contributed by atoms with Crippen molar-refractivity contribution in [2.75, 3.05) is 30.8 Å². The topological polar surface area (TPSA) is 113 Å². The lowest BCUT2D eigenvalue weighted by atomic mass is 10.0. The maximum Gasteiger partial charge on any atom is 0.319 e. The summed E-state index contributed by atoms with van der Waals surface area (Å²) in [4.78, 5) is 42.7. The van der Waals surface area contributed by atoms with E-state index in [-0.39, 0.29) is 29.8 Å². The molecule has 1 aromatic carbocycles. The molecule has 2 heterocycles. The number of carbonyl (C=O) groups is 3. The van der Waals surface area contributed by atoms with E-state index in [1.165, 1.54) is 13.3 Å². The number of likely N-dealkylation sites (tertiary alicyclic amines) is 1. The molecular weight excluding hydrogens is 410 g/mol. The zero-order chi connectivity index (χ0) is 23.1. The molecule has 9 heteroatoms. The van der Waals surface area contributed by atoms with Gasteiger partial charge >= 0.3 is 6.03 Å². The number of urea groups is 1. The van der Waals surface area contributed by atoms with Gasteiger partial charge in [0, 0.05) is 49.2 Å². The minimum absolute atomic E-state index is 0.00570. The summed E-state index contributed by atoms with van der Waals surface area (Å²) in [5.74, 6) is 0.239. The Balaban J connectivity index is 1.54.